The Morgan fingerprint density at radius 2 is 1.61 bits per heavy atom. The highest BCUT2D eigenvalue weighted by atomic mass is 32.2. The van der Waals surface area contributed by atoms with Gasteiger partial charge in [0.25, 0.3) is 0 Å². The van der Waals surface area contributed by atoms with E-state index in [0.717, 1.165) is 0 Å². The van der Waals surface area contributed by atoms with E-state index in [1.54, 1.807) is 45.8 Å². The number of carbonyl (C=O) groups excluding carboxylic acids is 3. The third-order valence-corrected chi connectivity index (χ3v) is 15.6. The number of fused-ring (bicyclic) bond motifs is 1. The highest BCUT2D eigenvalue weighted by Gasteiger charge is 2.62. The minimum Gasteiger partial charge on any atom is -0.458 e. The number of aryl methyl sites for hydroxylation is 1. The highest BCUT2D eigenvalue weighted by molar-refractivity contribution is 8.00. The van der Waals surface area contributed by atoms with Crippen LogP contribution in [0.3, 0.4) is 0 Å². The first-order valence-corrected chi connectivity index (χ1v) is 23.3. The molecule has 18 heteroatoms. The van der Waals surface area contributed by atoms with E-state index in [-0.39, 0.29) is 37.2 Å². The fourth-order valence-corrected chi connectivity index (χ4v) is 12.0. The van der Waals surface area contributed by atoms with Crippen molar-refractivity contribution >= 4 is 29.5 Å². The first-order chi connectivity index (χ1) is 29.0. The molecule has 0 amide bonds. The zero-order valence-corrected chi connectivity index (χ0v) is 40.0. The monoisotopic (exact) mass is 898 g/mol. The van der Waals surface area contributed by atoms with E-state index in [0.29, 0.717) is 18.7 Å². The average Bonchev–Trinajstić information content (AvgIpc) is 3.84. The number of Topliss-reactive ketones (excluding diaryl/α,β-unsaturated/α-hetero) is 1. The quantitative estimate of drug-likeness (QED) is 0.288. The summed E-state index contributed by atoms with van der Waals surface area (Å²) in [5, 5.41) is 26.3. The van der Waals surface area contributed by atoms with Crippen LogP contribution in [0.15, 0.2) is 12.7 Å². The van der Waals surface area contributed by atoms with Crippen molar-refractivity contribution in [3.8, 4) is 0 Å². The second-order valence-electron chi connectivity index (χ2n) is 19.0. The number of aliphatic hydroxyl groups is 2. The summed E-state index contributed by atoms with van der Waals surface area (Å²) >= 11 is 1.39. The van der Waals surface area contributed by atoms with Crippen molar-refractivity contribution in [3.63, 3.8) is 0 Å². The van der Waals surface area contributed by atoms with Crippen LogP contribution < -0.4 is 0 Å². The second-order valence-corrected chi connectivity index (χ2v) is 20.3. The summed E-state index contributed by atoms with van der Waals surface area (Å²) in [4.78, 5) is 49.7. The summed E-state index contributed by atoms with van der Waals surface area (Å²) in [6.45, 7) is 18.7. The van der Waals surface area contributed by atoms with Gasteiger partial charge in [0.05, 0.1) is 48.1 Å². The number of ether oxygens (including phenoxy) is 8. The number of nitrogens with zero attached hydrogens (tertiary/aromatic N) is 4. The molecular weight excluding hydrogens is 825 g/mol. The lowest BCUT2D eigenvalue weighted by atomic mass is 9.70. The van der Waals surface area contributed by atoms with Crippen molar-refractivity contribution in [1.29, 1.82) is 0 Å². The molecule has 0 aromatic carbocycles. The van der Waals surface area contributed by atoms with Gasteiger partial charge in [-0.15, -0.1) is 11.8 Å². The lowest BCUT2D eigenvalue weighted by Gasteiger charge is -2.50. The predicted molar refractivity (Wildman–Crippen MR) is 229 cm³/mol. The van der Waals surface area contributed by atoms with Crippen molar-refractivity contribution in [3.05, 3.63) is 12.7 Å². The third kappa shape index (κ3) is 10.4. The number of carbonyl (C=O) groups is 3. The minimum atomic E-state index is -1.37. The molecule has 0 aliphatic carbocycles. The number of hydrogen-bond donors (Lipinski definition) is 2. The van der Waals surface area contributed by atoms with Crippen LogP contribution in [0, 0.1) is 29.6 Å². The van der Waals surface area contributed by atoms with Crippen LogP contribution in [-0.2, 0) is 58.8 Å². The molecule has 17 nitrogen and oxygen atoms in total. The number of aromatic nitrogens is 3. The molecular formula is C44H74N4O13S. The van der Waals surface area contributed by atoms with Crippen molar-refractivity contribution in [2.75, 3.05) is 34.1 Å². The Hall–Kier alpha value is -2.26. The van der Waals surface area contributed by atoms with E-state index in [9.17, 15) is 24.6 Å². The van der Waals surface area contributed by atoms with Gasteiger partial charge in [0.15, 0.2) is 18.2 Å². The summed E-state index contributed by atoms with van der Waals surface area (Å²) < 4.78 is 53.1. The summed E-state index contributed by atoms with van der Waals surface area (Å²) in [5.41, 5.74) is -3.65. The van der Waals surface area contributed by atoms with Gasteiger partial charge in [-0.1, -0.05) is 27.7 Å². The number of methoxy groups -OCH3 is 2. The van der Waals surface area contributed by atoms with Crippen LogP contribution in [0.5, 0.6) is 0 Å². The first kappa shape index (κ1) is 50.7. The van der Waals surface area contributed by atoms with Gasteiger partial charge in [-0.05, 0) is 74.9 Å². The van der Waals surface area contributed by atoms with Gasteiger partial charge in [-0.2, -0.15) is 5.10 Å². The van der Waals surface area contributed by atoms with Gasteiger partial charge < -0.3 is 53.0 Å². The maximum atomic E-state index is 14.9. The molecule has 1 aromatic rings. The molecule has 354 valence electrons. The van der Waals surface area contributed by atoms with E-state index in [2.05, 4.69) is 10.1 Å². The van der Waals surface area contributed by atoms with Crippen molar-refractivity contribution in [1.82, 2.24) is 19.7 Å². The summed E-state index contributed by atoms with van der Waals surface area (Å²) in [5.74, 6) is -4.46. The smallest absolute Gasteiger partial charge is 0.320 e. The van der Waals surface area contributed by atoms with Crippen LogP contribution >= 0.6 is 11.8 Å². The summed E-state index contributed by atoms with van der Waals surface area (Å²) in [6.07, 6.45) is -3.72. The Bertz CT molecular complexity index is 1660. The largest absolute Gasteiger partial charge is 0.458 e. The normalized spacial score (nSPS) is 45.0. The first-order valence-electron chi connectivity index (χ1n) is 22.2. The molecule has 5 heterocycles. The van der Waals surface area contributed by atoms with Crippen LogP contribution in [-0.4, -0.2) is 165 Å². The molecule has 5 rings (SSSR count). The molecule has 0 saturated carbocycles. The molecule has 0 radical (unpaired) electrons. The van der Waals surface area contributed by atoms with Crippen molar-refractivity contribution < 1.29 is 62.5 Å². The standard InChI is InChI=1S/C44H74N4O13S/c1-15-30-44(10)32(36(40(53)61-44)62-17-16-48-22-45-21-46-48)25(4)33(49)23(2)19-43(9,55-14)38(60-41-34(50)29(47(11)12)18-24(3)56-41)26(5)35(27(6)39(52)58-30)59-31-20-42(8,54-13)37(51)28(7)57-31/h21-32,34-38,41,50-51H,15-20H2,1-14H3/t23-,24-,25-,26+,27-,28-,29+,30-,31+,32?,34-,35+,36?,37+,38-,41+,42-,43-,44-/m1/s1. The van der Waals surface area contributed by atoms with E-state index >= 15 is 0 Å². The van der Waals surface area contributed by atoms with E-state index in [1.165, 1.54) is 25.2 Å². The van der Waals surface area contributed by atoms with Gasteiger partial charge in [-0.25, -0.2) is 4.98 Å². The van der Waals surface area contributed by atoms with Crippen molar-refractivity contribution in [2.24, 2.45) is 29.6 Å². The number of esters is 2. The summed E-state index contributed by atoms with van der Waals surface area (Å²) in [7, 11) is 6.86. The number of cyclic esters (lactones) is 1. The van der Waals surface area contributed by atoms with Crippen LogP contribution in [0.1, 0.15) is 94.9 Å². The molecule has 62 heavy (non-hydrogen) atoms. The van der Waals surface area contributed by atoms with Crippen LogP contribution in [0.25, 0.3) is 0 Å². The predicted octanol–water partition coefficient (Wildman–Crippen LogP) is 3.65. The maximum Gasteiger partial charge on any atom is 0.320 e. The zero-order chi connectivity index (χ0) is 46.1. The van der Waals surface area contributed by atoms with Gasteiger partial charge in [0, 0.05) is 56.1 Å². The summed E-state index contributed by atoms with van der Waals surface area (Å²) in [6, 6.07) is -0.289. The van der Waals surface area contributed by atoms with Crippen LogP contribution in [0.2, 0.25) is 0 Å². The molecule has 1 aromatic heterocycles. The van der Waals surface area contributed by atoms with Gasteiger partial charge in [0.1, 0.15) is 42.0 Å². The van der Waals surface area contributed by atoms with Crippen LogP contribution in [0.4, 0.5) is 0 Å². The molecule has 4 aliphatic heterocycles. The Labute approximate surface area is 371 Å². The Kier molecular flexibility index (Phi) is 16.8. The molecule has 2 N–H and O–H groups in total. The fourth-order valence-electron chi connectivity index (χ4n) is 10.5. The average molecular weight is 899 g/mol. The van der Waals surface area contributed by atoms with E-state index < -0.39 is 113 Å². The number of aliphatic hydroxyl groups excluding tert-OH is 2. The van der Waals surface area contributed by atoms with Gasteiger partial charge in [-0.3, -0.25) is 19.1 Å². The Morgan fingerprint density at radius 1 is 0.935 bits per heavy atom. The molecule has 4 aliphatic rings. The van der Waals surface area contributed by atoms with Crippen molar-refractivity contribution in [2.45, 2.75) is 185 Å². The minimum absolute atomic E-state index is 0.118. The molecule has 0 bridgehead atoms. The number of ketones is 1. The number of thioether (sulfide) groups is 1. The Morgan fingerprint density at radius 3 is 2.21 bits per heavy atom. The molecule has 19 atom stereocenters. The topological polar surface area (TPSA) is 199 Å². The zero-order valence-electron chi connectivity index (χ0n) is 39.2. The fraction of sp³-hybridized carbons (Fsp3) is 0.886. The third-order valence-electron chi connectivity index (χ3n) is 14.3. The number of likely N-dealkylation sites (N-methyl/N-ethyl adjacent to an activating group) is 1. The Balaban J connectivity index is 1.62. The second kappa shape index (κ2) is 20.5. The lowest BCUT2D eigenvalue weighted by Crippen LogP contribution is -2.61. The SMILES string of the molecule is CC[C@H]1OC(=O)[C@H](C)[C@@H](O[C@H]2C[C@@](C)(OC)[C@@H](O)[C@@H](C)O2)[C@H](C)[C@@H](O[C@@H]2O[C@H](C)C[C@H](N(C)C)[C@H]2O)[C@](C)(OC)C[C@@H](C)C(=O)[C@H](C)C2C(SCCn3cncn3)C(=O)O[C@@]21C. The number of hydrogen-bond acceptors (Lipinski definition) is 17. The molecule has 4 fully saturated rings. The molecule has 0 spiro atoms. The lowest BCUT2D eigenvalue weighted by molar-refractivity contribution is -0.319. The molecule has 2 unspecified atom stereocenters. The van der Waals surface area contributed by atoms with E-state index in [1.807, 2.05) is 60.5 Å². The van der Waals surface area contributed by atoms with Gasteiger partial charge in [0.2, 0.25) is 0 Å². The van der Waals surface area contributed by atoms with E-state index in [4.69, 9.17) is 37.9 Å². The highest BCUT2D eigenvalue weighted by Crippen LogP contribution is 2.49. The molecule has 4 saturated heterocycles. The number of rotatable bonds is 12. The maximum absolute atomic E-state index is 14.9. The van der Waals surface area contributed by atoms with Gasteiger partial charge >= 0.3 is 11.9 Å².